The first-order valence-corrected chi connectivity index (χ1v) is 8.23. The van der Waals surface area contributed by atoms with Gasteiger partial charge in [-0.15, -0.1) is 0 Å². The molecule has 0 bridgehead atoms. The van der Waals surface area contributed by atoms with Crippen LogP contribution < -0.4 is 4.90 Å². The first-order valence-electron chi connectivity index (χ1n) is 7.44. The van der Waals surface area contributed by atoms with Crippen molar-refractivity contribution in [3.8, 4) is 0 Å². The fourth-order valence-electron chi connectivity index (χ4n) is 3.05. The van der Waals surface area contributed by atoms with Gasteiger partial charge in [-0.1, -0.05) is 46.3 Å². The zero-order valence-corrected chi connectivity index (χ0v) is 13.8. The van der Waals surface area contributed by atoms with Crippen LogP contribution in [0.4, 0.5) is 5.69 Å². The first kappa shape index (κ1) is 14.6. The third kappa shape index (κ3) is 3.14. The molecule has 1 atom stereocenters. The summed E-state index contributed by atoms with van der Waals surface area (Å²) in [6, 6.07) is 14.8. The number of nitrogens with zero attached hydrogens (tertiary/aromatic N) is 1. The minimum absolute atomic E-state index is 0.446. The molecule has 1 unspecified atom stereocenters. The van der Waals surface area contributed by atoms with E-state index in [0.717, 1.165) is 41.7 Å². The van der Waals surface area contributed by atoms with E-state index in [-0.39, 0.29) is 0 Å². The lowest BCUT2D eigenvalue weighted by atomic mass is 10.0. The van der Waals surface area contributed by atoms with Gasteiger partial charge in [0.15, 0.2) is 0 Å². The van der Waals surface area contributed by atoms with Gasteiger partial charge in [-0.3, -0.25) is 0 Å². The van der Waals surface area contributed by atoms with E-state index in [1.807, 2.05) is 19.1 Å². The molecule has 0 fully saturated rings. The molecular formula is C18H20BrNO. The molecule has 2 aromatic rings. The molecule has 1 aliphatic heterocycles. The topological polar surface area (TPSA) is 23.5 Å². The first-order chi connectivity index (χ1) is 10.1. The molecule has 21 heavy (non-hydrogen) atoms. The van der Waals surface area contributed by atoms with Crippen molar-refractivity contribution in [2.24, 2.45) is 0 Å². The van der Waals surface area contributed by atoms with Crippen LogP contribution in [-0.4, -0.2) is 18.2 Å². The van der Waals surface area contributed by atoms with E-state index in [4.69, 9.17) is 0 Å². The average Bonchev–Trinajstić information content (AvgIpc) is 2.69. The van der Waals surface area contributed by atoms with E-state index in [1.165, 1.54) is 11.1 Å². The second-order valence-corrected chi connectivity index (χ2v) is 6.55. The van der Waals surface area contributed by atoms with Crippen molar-refractivity contribution >= 4 is 21.6 Å². The fraction of sp³-hybridized carbons (Fsp3) is 0.333. The number of halogens is 1. The highest BCUT2D eigenvalue weighted by molar-refractivity contribution is 9.10. The second-order valence-electron chi connectivity index (χ2n) is 5.63. The van der Waals surface area contributed by atoms with Crippen LogP contribution in [-0.2, 0) is 12.8 Å². The molecule has 2 aromatic carbocycles. The van der Waals surface area contributed by atoms with Gasteiger partial charge in [0.2, 0.25) is 0 Å². The van der Waals surface area contributed by atoms with Crippen molar-refractivity contribution in [3.63, 3.8) is 0 Å². The van der Waals surface area contributed by atoms with Crippen LogP contribution >= 0.6 is 15.9 Å². The standard InChI is InChI=1S/C18H20BrNO/c1-13(21)17-7-6-16(19)12-18(17)20-10-8-14-4-2-3-5-15(14)9-11-20/h2-7,12-13,21H,8-11H2,1H3. The number of benzene rings is 2. The van der Waals surface area contributed by atoms with Crippen molar-refractivity contribution < 1.29 is 5.11 Å². The van der Waals surface area contributed by atoms with Gasteiger partial charge in [0.25, 0.3) is 0 Å². The molecule has 1 heterocycles. The Morgan fingerprint density at radius 1 is 1.05 bits per heavy atom. The Kier molecular flexibility index (Phi) is 4.32. The average molecular weight is 346 g/mol. The lowest BCUT2D eigenvalue weighted by Crippen LogP contribution is -2.27. The molecular weight excluding hydrogens is 326 g/mol. The van der Waals surface area contributed by atoms with Crippen molar-refractivity contribution in [1.82, 2.24) is 0 Å². The van der Waals surface area contributed by atoms with Gasteiger partial charge < -0.3 is 10.0 Å². The van der Waals surface area contributed by atoms with E-state index in [1.54, 1.807) is 0 Å². The third-order valence-corrected chi connectivity index (χ3v) is 4.70. The highest BCUT2D eigenvalue weighted by Crippen LogP contribution is 2.31. The van der Waals surface area contributed by atoms with Gasteiger partial charge in [0.05, 0.1) is 6.10 Å². The summed E-state index contributed by atoms with van der Waals surface area (Å²) < 4.78 is 1.06. The van der Waals surface area contributed by atoms with Crippen LogP contribution in [0.1, 0.15) is 29.7 Å². The number of aliphatic hydroxyl groups is 1. The van der Waals surface area contributed by atoms with Crippen LogP contribution in [0.25, 0.3) is 0 Å². The Morgan fingerprint density at radius 3 is 2.24 bits per heavy atom. The third-order valence-electron chi connectivity index (χ3n) is 4.20. The van der Waals surface area contributed by atoms with Crippen LogP contribution in [0.15, 0.2) is 46.9 Å². The second kappa shape index (κ2) is 6.20. The van der Waals surface area contributed by atoms with Gasteiger partial charge in [0.1, 0.15) is 0 Å². The molecule has 0 spiro atoms. The Bertz CT molecular complexity index is 612. The highest BCUT2D eigenvalue weighted by Gasteiger charge is 2.18. The van der Waals surface area contributed by atoms with Gasteiger partial charge in [0, 0.05) is 28.8 Å². The van der Waals surface area contributed by atoms with E-state index in [2.05, 4.69) is 51.2 Å². The molecule has 0 aromatic heterocycles. The number of aliphatic hydroxyl groups excluding tert-OH is 1. The summed E-state index contributed by atoms with van der Waals surface area (Å²) in [5, 5.41) is 10.0. The molecule has 0 aliphatic carbocycles. The molecule has 1 aliphatic rings. The molecule has 0 amide bonds. The number of rotatable bonds is 2. The van der Waals surface area contributed by atoms with E-state index >= 15 is 0 Å². The zero-order valence-electron chi connectivity index (χ0n) is 12.2. The van der Waals surface area contributed by atoms with Crippen molar-refractivity contribution in [3.05, 3.63) is 63.6 Å². The Morgan fingerprint density at radius 2 is 1.67 bits per heavy atom. The highest BCUT2D eigenvalue weighted by atomic mass is 79.9. The maximum absolute atomic E-state index is 10.0. The molecule has 0 radical (unpaired) electrons. The Hall–Kier alpha value is -1.32. The molecule has 0 saturated heterocycles. The maximum Gasteiger partial charge on any atom is 0.0782 e. The summed E-state index contributed by atoms with van der Waals surface area (Å²) in [5.74, 6) is 0. The minimum atomic E-state index is -0.446. The predicted octanol–water partition coefficient (Wildman–Crippen LogP) is 4.11. The van der Waals surface area contributed by atoms with Crippen LogP contribution in [0, 0.1) is 0 Å². The maximum atomic E-state index is 10.0. The molecule has 0 saturated carbocycles. The summed E-state index contributed by atoms with van der Waals surface area (Å²) in [6.45, 7) is 3.82. The van der Waals surface area contributed by atoms with Crippen LogP contribution in [0.5, 0.6) is 0 Å². The molecule has 3 heteroatoms. The Balaban J connectivity index is 1.91. The number of hydrogen-bond donors (Lipinski definition) is 1. The van der Waals surface area contributed by atoms with Crippen molar-refractivity contribution in [2.45, 2.75) is 25.9 Å². The zero-order chi connectivity index (χ0) is 14.8. The molecule has 3 rings (SSSR count). The van der Waals surface area contributed by atoms with Crippen LogP contribution in [0.2, 0.25) is 0 Å². The smallest absolute Gasteiger partial charge is 0.0782 e. The van der Waals surface area contributed by atoms with Gasteiger partial charge in [-0.2, -0.15) is 0 Å². The lowest BCUT2D eigenvalue weighted by molar-refractivity contribution is 0.199. The molecule has 1 N–H and O–H groups in total. The van der Waals surface area contributed by atoms with E-state index in [0.29, 0.717) is 0 Å². The lowest BCUT2D eigenvalue weighted by Gasteiger charge is -2.26. The van der Waals surface area contributed by atoms with Crippen LogP contribution in [0.3, 0.4) is 0 Å². The van der Waals surface area contributed by atoms with Gasteiger partial charge in [-0.05, 0) is 43.0 Å². The van der Waals surface area contributed by atoms with E-state index in [9.17, 15) is 5.11 Å². The number of fused-ring (bicyclic) bond motifs is 1. The summed E-state index contributed by atoms with van der Waals surface area (Å²) in [5.41, 5.74) is 5.05. The van der Waals surface area contributed by atoms with Crippen molar-refractivity contribution in [1.29, 1.82) is 0 Å². The quantitative estimate of drug-likeness (QED) is 0.885. The SMILES string of the molecule is CC(O)c1ccc(Br)cc1N1CCc2ccccc2CC1. The monoisotopic (exact) mass is 345 g/mol. The summed E-state index contributed by atoms with van der Waals surface area (Å²) >= 11 is 3.55. The summed E-state index contributed by atoms with van der Waals surface area (Å²) in [4.78, 5) is 2.40. The number of anilines is 1. The van der Waals surface area contributed by atoms with Crippen molar-refractivity contribution in [2.75, 3.05) is 18.0 Å². The Labute approximate surface area is 134 Å². The van der Waals surface area contributed by atoms with Gasteiger partial charge in [-0.25, -0.2) is 0 Å². The number of hydrogen-bond acceptors (Lipinski definition) is 2. The van der Waals surface area contributed by atoms with E-state index < -0.39 is 6.10 Å². The molecule has 2 nitrogen and oxygen atoms in total. The summed E-state index contributed by atoms with van der Waals surface area (Å²) in [7, 11) is 0. The largest absolute Gasteiger partial charge is 0.389 e. The minimum Gasteiger partial charge on any atom is -0.389 e. The fourth-order valence-corrected chi connectivity index (χ4v) is 3.40. The van der Waals surface area contributed by atoms with Gasteiger partial charge >= 0.3 is 0 Å². The predicted molar refractivity (Wildman–Crippen MR) is 90.8 cm³/mol. The summed E-state index contributed by atoms with van der Waals surface area (Å²) in [6.07, 6.45) is 1.67. The molecule has 110 valence electrons. The normalized spacial score (nSPS) is 16.2.